The van der Waals surface area contributed by atoms with Gasteiger partial charge in [-0.25, -0.2) is 4.79 Å². The molecule has 0 amide bonds. The van der Waals surface area contributed by atoms with Gasteiger partial charge in [0.1, 0.15) is 28.7 Å². The lowest BCUT2D eigenvalue weighted by molar-refractivity contribution is -0.274. The molecular formula is C10H4F5NO4. The van der Waals surface area contributed by atoms with Crippen molar-refractivity contribution in [2.45, 2.75) is 13.0 Å². The first-order valence-corrected chi connectivity index (χ1v) is 4.66. The van der Waals surface area contributed by atoms with Crippen LogP contribution in [0.3, 0.4) is 0 Å². The van der Waals surface area contributed by atoms with Crippen LogP contribution in [0.25, 0.3) is 0 Å². The summed E-state index contributed by atoms with van der Waals surface area (Å²) in [6, 6.07) is 2.24. The third kappa shape index (κ3) is 3.71. The number of carbonyl (C=O) groups is 1. The summed E-state index contributed by atoms with van der Waals surface area (Å²) < 4.78 is 67.6. The molecule has 0 bridgehead atoms. The summed E-state index contributed by atoms with van der Waals surface area (Å²) in [6.45, 7) is -3.38. The highest BCUT2D eigenvalue weighted by molar-refractivity contribution is 5.94. The first-order valence-electron chi connectivity index (χ1n) is 4.66. The highest BCUT2D eigenvalue weighted by Gasteiger charge is 2.34. The molecule has 1 aromatic carbocycles. The molecule has 1 aromatic rings. The van der Waals surface area contributed by atoms with E-state index in [4.69, 9.17) is 10.4 Å². The summed E-state index contributed by atoms with van der Waals surface area (Å²) in [7, 11) is 0. The van der Waals surface area contributed by atoms with Crippen LogP contribution in [0.1, 0.15) is 15.9 Å². The molecule has 108 valence electrons. The van der Waals surface area contributed by atoms with Crippen LogP contribution in [0.2, 0.25) is 0 Å². The summed E-state index contributed by atoms with van der Waals surface area (Å²) in [5.74, 6) is -4.03. The Kier molecular flexibility index (Phi) is 4.34. The summed E-state index contributed by atoms with van der Waals surface area (Å²) >= 11 is 0. The molecule has 1 N–H and O–H groups in total. The number of halogens is 5. The maximum atomic E-state index is 12.1. The Morgan fingerprint density at radius 3 is 2.25 bits per heavy atom. The number of carboxylic acids is 1. The Bertz CT molecular complexity index is 564. The van der Waals surface area contributed by atoms with Crippen molar-refractivity contribution in [1.82, 2.24) is 0 Å². The second-order valence-corrected chi connectivity index (χ2v) is 3.16. The number of hydrogen-bond donors (Lipinski definition) is 1. The van der Waals surface area contributed by atoms with Crippen LogP contribution in [-0.4, -0.2) is 24.0 Å². The lowest BCUT2D eigenvalue weighted by Crippen LogP contribution is -2.20. The molecule has 0 fully saturated rings. The first-order chi connectivity index (χ1) is 9.15. The summed E-state index contributed by atoms with van der Waals surface area (Å²) in [4.78, 5) is 10.9. The highest BCUT2D eigenvalue weighted by atomic mass is 19.4. The fourth-order valence-corrected chi connectivity index (χ4v) is 1.29. The van der Waals surface area contributed by atoms with E-state index in [1.165, 1.54) is 6.07 Å². The Morgan fingerprint density at radius 2 is 1.85 bits per heavy atom. The molecule has 0 aliphatic heterocycles. The monoisotopic (exact) mass is 297 g/mol. The number of rotatable bonds is 4. The van der Waals surface area contributed by atoms with Gasteiger partial charge < -0.3 is 14.6 Å². The molecule has 10 heteroatoms. The molecule has 0 spiro atoms. The van der Waals surface area contributed by atoms with E-state index in [2.05, 4.69) is 9.47 Å². The number of hydrogen-bond acceptors (Lipinski definition) is 4. The van der Waals surface area contributed by atoms with Gasteiger partial charge in [-0.05, 0) is 12.1 Å². The number of alkyl halides is 5. The van der Waals surface area contributed by atoms with Crippen LogP contribution >= 0.6 is 0 Å². The minimum Gasteiger partial charge on any atom is -0.478 e. The molecule has 0 heterocycles. The lowest BCUT2D eigenvalue weighted by Gasteiger charge is -2.14. The van der Waals surface area contributed by atoms with Crippen LogP contribution in [0.4, 0.5) is 22.0 Å². The lowest BCUT2D eigenvalue weighted by atomic mass is 10.1. The molecule has 0 radical (unpaired) electrons. The Balaban J connectivity index is 3.43. The molecule has 0 saturated carbocycles. The second kappa shape index (κ2) is 5.60. The average molecular weight is 297 g/mol. The largest absolute Gasteiger partial charge is 0.573 e. The third-order valence-corrected chi connectivity index (χ3v) is 1.90. The predicted octanol–water partition coefficient (Wildman–Crippen LogP) is 2.76. The van der Waals surface area contributed by atoms with E-state index >= 15 is 0 Å². The van der Waals surface area contributed by atoms with E-state index in [1.807, 2.05) is 0 Å². The molecule has 0 saturated heterocycles. The van der Waals surface area contributed by atoms with E-state index in [0.717, 1.165) is 0 Å². The quantitative estimate of drug-likeness (QED) is 0.864. The minimum atomic E-state index is -5.21. The number of nitriles is 1. The average Bonchev–Trinajstić information content (AvgIpc) is 2.27. The van der Waals surface area contributed by atoms with Crippen molar-refractivity contribution in [2.24, 2.45) is 0 Å². The normalized spacial score (nSPS) is 11.1. The first kappa shape index (κ1) is 15.5. The van der Waals surface area contributed by atoms with E-state index in [-0.39, 0.29) is 0 Å². The van der Waals surface area contributed by atoms with E-state index < -0.39 is 41.6 Å². The van der Waals surface area contributed by atoms with Crippen molar-refractivity contribution in [2.75, 3.05) is 0 Å². The van der Waals surface area contributed by atoms with Gasteiger partial charge in [-0.1, -0.05) is 0 Å². The van der Waals surface area contributed by atoms with E-state index in [1.54, 1.807) is 0 Å². The molecule has 0 aliphatic carbocycles. The number of aromatic carboxylic acids is 1. The zero-order valence-electron chi connectivity index (χ0n) is 9.24. The summed E-state index contributed by atoms with van der Waals surface area (Å²) in [5.41, 5.74) is -2.22. The molecule has 0 atom stereocenters. The van der Waals surface area contributed by atoms with Crippen LogP contribution in [0, 0.1) is 11.3 Å². The number of carboxylic acid groups (broad SMARTS) is 1. The molecule has 5 nitrogen and oxygen atoms in total. The van der Waals surface area contributed by atoms with Gasteiger partial charge in [-0.15, -0.1) is 13.2 Å². The van der Waals surface area contributed by atoms with Gasteiger partial charge in [-0.3, -0.25) is 0 Å². The van der Waals surface area contributed by atoms with Crippen molar-refractivity contribution < 1.29 is 41.3 Å². The maximum absolute atomic E-state index is 12.1. The van der Waals surface area contributed by atoms with Gasteiger partial charge in [0.25, 0.3) is 0 Å². The topological polar surface area (TPSA) is 79.5 Å². The Labute approximate surface area is 107 Å². The third-order valence-electron chi connectivity index (χ3n) is 1.90. The van der Waals surface area contributed by atoms with Crippen molar-refractivity contribution in [3.05, 3.63) is 23.3 Å². The Hall–Kier alpha value is -2.57. The molecule has 20 heavy (non-hydrogen) atoms. The maximum Gasteiger partial charge on any atom is 0.573 e. The fourth-order valence-electron chi connectivity index (χ4n) is 1.29. The number of nitrogens with zero attached hydrogens (tertiary/aromatic N) is 1. The second-order valence-electron chi connectivity index (χ2n) is 3.16. The van der Waals surface area contributed by atoms with Crippen molar-refractivity contribution >= 4 is 5.97 Å². The predicted molar refractivity (Wildman–Crippen MR) is 51.4 cm³/mol. The van der Waals surface area contributed by atoms with Crippen LogP contribution in [0.5, 0.6) is 11.5 Å². The van der Waals surface area contributed by atoms with Gasteiger partial charge in [0.15, 0.2) is 0 Å². The smallest absolute Gasteiger partial charge is 0.478 e. The van der Waals surface area contributed by atoms with Crippen LogP contribution in [0.15, 0.2) is 12.1 Å². The van der Waals surface area contributed by atoms with E-state index in [9.17, 15) is 26.7 Å². The minimum absolute atomic E-state index is 0.468. The SMILES string of the molecule is N#Cc1c(OC(F)F)ccc(OC(F)(F)F)c1C(=O)O. The molecule has 0 unspecified atom stereocenters. The van der Waals surface area contributed by atoms with Crippen molar-refractivity contribution in [3.63, 3.8) is 0 Å². The van der Waals surface area contributed by atoms with Gasteiger partial charge in [0.05, 0.1) is 0 Å². The van der Waals surface area contributed by atoms with Gasteiger partial charge >= 0.3 is 18.9 Å². The highest BCUT2D eigenvalue weighted by Crippen LogP contribution is 2.34. The number of ether oxygens (including phenoxy) is 2. The molecular weight excluding hydrogens is 293 g/mol. The summed E-state index contributed by atoms with van der Waals surface area (Å²) in [5, 5.41) is 17.5. The van der Waals surface area contributed by atoms with Crippen LogP contribution in [-0.2, 0) is 0 Å². The molecule has 1 rings (SSSR count). The fraction of sp³-hybridized carbons (Fsp3) is 0.200. The molecule has 0 aliphatic rings. The summed E-state index contributed by atoms with van der Waals surface area (Å²) in [6.07, 6.45) is -5.21. The van der Waals surface area contributed by atoms with Crippen LogP contribution < -0.4 is 9.47 Å². The zero-order chi connectivity index (χ0) is 15.5. The van der Waals surface area contributed by atoms with Gasteiger partial charge in [0.2, 0.25) is 0 Å². The standard InChI is InChI=1S/C10H4F5NO4/c11-9(12)19-5-1-2-6(20-10(13,14)15)7(8(17)18)4(5)3-16/h1-2,9H,(H,17,18). The van der Waals surface area contributed by atoms with Gasteiger partial charge in [-0.2, -0.15) is 14.0 Å². The van der Waals surface area contributed by atoms with Gasteiger partial charge in [0, 0.05) is 0 Å². The Morgan fingerprint density at radius 1 is 1.30 bits per heavy atom. The molecule has 0 aromatic heterocycles. The zero-order valence-corrected chi connectivity index (χ0v) is 9.24. The number of benzene rings is 1. The van der Waals surface area contributed by atoms with E-state index in [0.29, 0.717) is 12.1 Å². The van der Waals surface area contributed by atoms with Crippen molar-refractivity contribution in [3.8, 4) is 17.6 Å². The van der Waals surface area contributed by atoms with Crippen molar-refractivity contribution in [1.29, 1.82) is 5.26 Å².